The molecule has 0 aliphatic carbocycles. The third-order valence-corrected chi connectivity index (χ3v) is 6.80. The van der Waals surface area contributed by atoms with Crippen molar-refractivity contribution in [3.05, 3.63) is 64.5 Å². The van der Waals surface area contributed by atoms with Crippen molar-refractivity contribution in [3.8, 4) is 22.1 Å². The molecule has 0 radical (unpaired) electrons. The number of nitrogens with zero attached hydrogens (tertiary/aromatic N) is 2. The minimum atomic E-state index is -0.372. The number of esters is 1. The summed E-state index contributed by atoms with van der Waals surface area (Å²) in [6.45, 7) is 5.05. The van der Waals surface area contributed by atoms with E-state index in [0.29, 0.717) is 40.7 Å². The fraction of sp³-hybridized carbons (Fsp3) is 0.308. The second-order valence-corrected chi connectivity index (χ2v) is 8.87. The highest BCUT2D eigenvalue weighted by Gasteiger charge is 2.18. The molecule has 0 fully saturated rings. The van der Waals surface area contributed by atoms with Crippen molar-refractivity contribution in [3.63, 3.8) is 0 Å². The van der Waals surface area contributed by atoms with Gasteiger partial charge >= 0.3 is 5.97 Å². The van der Waals surface area contributed by atoms with Crippen molar-refractivity contribution >= 4 is 28.2 Å². The zero-order valence-corrected chi connectivity index (χ0v) is 20.5. The Hall–Kier alpha value is -3.39. The number of rotatable bonds is 9. The number of hydrogen-bond donors (Lipinski definition) is 0. The van der Waals surface area contributed by atoms with Gasteiger partial charge in [0, 0.05) is 23.8 Å². The smallest absolute Gasteiger partial charge is 0.348 e. The van der Waals surface area contributed by atoms with Crippen molar-refractivity contribution in [1.82, 2.24) is 9.55 Å². The Morgan fingerprint density at radius 2 is 2.00 bits per heavy atom. The molecule has 0 aliphatic rings. The molecular weight excluding hydrogens is 455 g/mol. The van der Waals surface area contributed by atoms with Gasteiger partial charge in [-0.15, -0.1) is 11.3 Å². The van der Waals surface area contributed by atoms with Gasteiger partial charge < -0.3 is 18.8 Å². The second kappa shape index (κ2) is 10.3. The third-order valence-electron chi connectivity index (χ3n) is 5.73. The standard InChI is InChI=1S/C26H27FN2O4S/c1-5-33-25-17(12-13-28-23(25)21-10-11-22(34-21)26(30)32-4)7-6-14-29-16(2)15-18-20(31-3)9-8-19(27)24(18)29/h8-13,15H,5-7,14H2,1-4H3. The summed E-state index contributed by atoms with van der Waals surface area (Å²) >= 11 is 1.32. The maximum Gasteiger partial charge on any atom is 0.348 e. The molecule has 0 N–H and O–H groups in total. The maximum absolute atomic E-state index is 14.7. The molecule has 0 saturated heterocycles. The molecule has 34 heavy (non-hydrogen) atoms. The number of ether oxygens (including phenoxy) is 3. The number of fused-ring (bicyclic) bond motifs is 1. The first-order valence-electron chi connectivity index (χ1n) is 11.1. The van der Waals surface area contributed by atoms with E-state index in [2.05, 4.69) is 4.98 Å². The summed E-state index contributed by atoms with van der Waals surface area (Å²) in [4.78, 5) is 17.8. The number of halogens is 1. The molecule has 0 atom stereocenters. The predicted molar refractivity (Wildman–Crippen MR) is 132 cm³/mol. The monoisotopic (exact) mass is 482 g/mol. The molecule has 3 heterocycles. The van der Waals surface area contributed by atoms with Gasteiger partial charge in [0.25, 0.3) is 0 Å². The van der Waals surface area contributed by atoms with E-state index >= 15 is 0 Å². The highest BCUT2D eigenvalue weighted by Crippen LogP contribution is 2.37. The zero-order chi connectivity index (χ0) is 24.2. The molecule has 0 amide bonds. The summed E-state index contributed by atoms with van der Waals surface area (Å²) < 4.78 is 32.9. The van der Waals surface area contributed by atoms with Crippen molar-refractivity contribution in [1.29, 1.82) is 0 Å². The van der Waals surface area contributed by atoms with E-state index in [1.165, 1.54) is 24.5 Å². The lowest BCUT2D eigenvalue weighted by Crippen LogP contribution is -2.05. The van der Waals surface area contributed by atoms with Crippen LogP contribution in [0.15, 0.2) is 42.6 Å². The number of pyridine rings is 1. The van der Waals surface area contributed by atoms with Crippen molar-refractivity contribution in [2.45, 2.75) is 33.2 Å². The molecule has 4 rings (SSSR count). The molecule has 6 nitrogen and oxygen atoms in total. The molecule has 0 spiro atoms. The van der Waals surface area contributed by atoms with E-state index in [0.717, 1.165) is 34.4 Å². The largest absolute Gasteiger partial charge is 0.496 e. The van der Waals surface area contributed by atoms with E-state index in [4.69, 9.17) is 14.2 Å². The Balaban J connectivity index is 1.60. The molecule has 0 unspecified atom stereocenters. The number of methoxy groups -OCH3 is 2. The van der Waals surface area contributed by atoms with Crippen LogP contribution in [-0.2, 0) is 17.7 Å². The van der Waals surface area contributed by atoms with Gasteiger partial charge in [-0.3, -0.25) is 4.98 Å². The first-order chi connectivity index (χ1) is 16.5. The van der Waals surface area contributed by atoms with Crippen LogP contribution >= 0.6 is 11.3 Å². The van der Waals surface area contributed by atoms with Crippen molar-refractivity contribution in [2.24, 2.45) is 0 Å². The normalized spacial score (nSPS) is 11.1. The number of hydrogen-bond acceptors (Lipinski definition) is 6. The quantitative estimate of drug-likeness (QED) is 0.272. The van der Waals surface area contributed by atoms with Gasteiger partial charge in [0.15, 0.2) is 0 Å². The molecule has 178 valence electrons. The maximum atomic E-state index is 14.7. The average molecular weight is 483 g/mol. The summed E-state index contributed by atoms with van der Waals surface area (Å²) in [7, 11) is 2.96. The Morgan fingerprint density at radius 3 is 2.74 bits per heavy atom. The average Bonchev–Trinajstić information content (AvgIpc) is 3.45. The summed E-state index contributed by atoms with van der Waals surface area (Å²) in [6, 6.07) is 10.6. The summed E-state index contributed by atoms with van der Waals surface area (Å²) in [5.41, 5.74) is 3.27. The van der Waals surface area contributed by atoms with Crippen LogP contribution in [0, 0.1) is 12.7 Å². The first-order valence-corrected chi connectivity index (χ1v) is 11.9. The van der Waals surface area contributed by atoms with Crippen LogP contribution in [-0.4, -0.2) is 36.3 Å². The number of aryl methyl sites for hydroxylation is 3. The van der Waals surface area contributed by atoms with Gasteiger partial charge in [0.2, 0.25) is 0 Å². The van der Waals surface area contributed by atoms with Crippen LogP contribution in [0.4, 0.5) is 4.39 Å². The lowest BCUT2D eigenvalue weighted by atomic mass is 10.1. The first kappa shape index (κ1) is 23.8. The van der Waals surface area contributed by atoms with E-state index in [9.17, 15) is 9.18 Å². The van der Waals surface area contributed by atoms with Crippen LogP contribution in [0.3, 0.4) is 0 Å². The fourth-order valence-corrected chi connectivity index (χ4v) is 5.09. The van der Waals surface area contributed by atoms with Crippen molar-refractivity contribution in [2.75, 3.05) is 20.8 Å². The number of benzene rings is 1. The molecule has 3 aromatic heterocycles. The lowest BCUT2D eigenvalue weighted by Gasteiger charge is -2.14. The molecule has 8 heteroatoms. The summed E-state index contributed by atoms with van der Waals surface area (Å²) in [5.74, 6) is 0.746. The molecular formula is C26H27FN2O4S. The predicted octanol–water partition coefficient (Wildman–Crippen LogP) is 6.04. The number of thiophene rings is 1. The van der Waals surface area contributed by atoms with E-state index < -0.39 is 0 Å². The topological polar surface area (TPSA) is 62.6 Å². The number of carbonyl (C=O) groups is 1. The van der Waals surface area contributed by atoms with Crippen LogP contribution in [0.2, 0.25) is 0 Å². The highest BCUT2D eigenvalue weighted by molar-refractivity contribution is 7.17. The Labute approximate surface area is 201 Å². The minimum absolute atomic E-state index is 0.260. The second-order valence-electron chi connectivity index (χ2n) is 7.79. The van der Waals surface area contributed by atoms with Gasteiger partial charge in [-0.1, -0.05) is 0 Å². The number of aromatic nitrogens is 2. The molecule has 1 aromatic carbocycles. The Bertz CT molecular complexity index is 1330. The fourth-order valence-electron chi connectivity index (χ4n) is 4.18. The SMILES string of the molecule is CCOc1c(CCCn2c(C)cc3c(OC)ccc(F)c32)ccnc1-c1ccc(C(=O)OC)s1. The zero-order valence-electron chi connectivity index (χ0n) is 19.7. The van der Waals surface area contributed by atoms with Crippen LogP contribution in [0.5, 0.6) is 11.5 Å². The van der Waals surface area contributed by atoms with Crippen LogP contribution < -0.4 is 9.47 Å². The molecule has 0 aliphatic heterocycles. The molecule has 4 aromatic rings. The van der Waals surface area contributed by atoms with E-state index in [-0.39, 0.29) is 11.8 Å². The van der Waals surface area contributed by atoms with Gasteiger partial charge in [-0.2, -0.15) is 0 Å². The third kappa shape index (κ3) is 4.50. The van der Waals surface area contributed by atoms with Gasteiger partial charge in [0.1, 0.15) is 27.9 Å². The summed E-state index contributed by atoms with van der Waals surface area (Å²) in [6.07, 6.45) is 3.26. The van der Waals surface area contributed by atoms with Crippen LogP contribution in [0.1, 0.15) is 34.3 Å². The van der Waals surface area contributed by atoms with Gasteiger partial charge in [-0.05, 0) is 68.7 Å². The van der Waals surface area contributed by atoms with E-state index in [1.807, 2.05) is 36.6 Å². The molecule has 0 bridgehead atoms. The van der Waals surface area contributed by atoms with E-state index in [1.54, 1.807) is 25.4 Å². The number of carbonyl (C=O) groups excluding carboxylic acids is 1. The Morgan fingerprint density at radius 1 is 1.18 bits per heavy atom. The van der Waals surface area contributed by atoms with Gasteiger partial charge in [0.05, 0.1) is 31.2 Å². The lowest BCUT2D eigenvalue weighted by molar-refractivity contribution is 0.0606. The minimum Gasteiger partial charge on any atom is -0.496 e. The summed E-state index contributed by atoms with van der Waals surface area (Å²) in [5, 5.41) is 0.778. The van der Waals surface area contributed by atoms with Gasteiger partial charge in [-0.25, -0.2) is 9.18 Å². The van der Waals surface area contributed by atoms with Crippen molar-refractivity contribution < 1.29 is 23.4 Å². The molecule has 0 saturated carbocycles. The van der Waals surface area contributed by atoms with Crippen LogP contribution in [0.25, 0.3) is 21.5 Å². The highest BCUT2D eigenvalue weighted by atomic mass is 32.1. The Kier molecular flexibility index (Phi) is 7.17.